The van der Waals surface area contributed by atoms with Crippen molar-refractivity contribution < 1.29 is 24.6 Å². The highest BCUT2D eigenvalue weighted by Gasteiger charge is 2.39. The number of aliphatic hydroxyl groups excluding tert-OH is 1. The predicted octanol–water partition coefficient (Wildman–Crippen LogP) is 3.24. The number of carbonyl (C=O) groups excluding carboxylic acids is 2. The number of carbonyl (C=O) groups is 3. The fraction of sp³-hybridized carbons (Fsp3) is 0.348. The van der Waals surface area contributed by atoms with E-state index in [0.29, 0.717) is 22.1 Å². The molecule has 2 atom stereocenters. The maximum atomic E-state index is 13.2. The molecule has 2 aromatic rings. The first-order chi connectivity index (χ1) is 15.8. The second-order valence-electron chi connectivity index (χ2n) is 8.22. The number of carboxylic acids is 1. The minimum absolute atomic E-state index is 0.0223. The van der Waals surface area contributed by atoms with Crippen LogP contribution in [-0.2, 0) is 4.79 Å². The van der Waals surface area contributed by atoms with Crippen LogP contribution in [0.15, 0.2) is 42.5 Å². The van der Waals surface area contributed by atoms with Gasteiger partial charge in [0.2, 0.25) is 5.91 Å². The maximum Gasteiger partial charge on any atom is 0.335 e. The number of aromatic carboxylic acids is 1. The second kappa shape index (κ2) is 9.68. The van der Waals surface area contributed by atoms with Crippen molar-refractivity contribution in [3.05, 3.63) is 53.1 Å². The summed E-state index contributed by atoms with van der Waals surface area (Å²) >= 11 is 5.88. The Labute approximate surface area is 195 Å². The topological polar surface area (TPSA) is 122 Å². The molecule has 0 spiro atoms. The quantitative estimate of drug-likeness (QED) is 0.530. The first kappa shape index (κ1) is 22.9. The van der Waals surface area contributed by atoms with Crippen molar-refractivity contribution in [1.82, 2.24) is 4.90 Å². The molecule has 0 aliphatic carbocycles. The number of likely N-dealkylation sites (tertiary alicyclic amines) is 1. The third-order valence-corrected chi connectivity index (χ3v) is 6.14. The lowest BCUT2D eigenvalue weighted by Gasteiger charge is -2.26. The lowest BCUT2D eigenvalue weighted by molar-refractivity contribution is -0.119. The normalized spacial score (nSPS) is 20.1. The van der Waals surface area contributed by atoms with Gasteiger partial charge in [0.05, 0.1) is 23.0 Å². The van der Waals surface area contributed by atoms with E-state index in [0.717, 1.165) is 25.9 Å². The summed E-state index contributed by atoms with van der Waals surface area (Å²) in [5, 5.41) is 25.6. The van der Waals surface area contributed by atoms with Gasteiger partial charge in [0.15, 0.2) is 0 Å². The van der Waals surface area contributed by atoms with Crippen LogP contribution < -0.4 is 15.5 Å². The number of nitrogens with one attached hydrogen (secondary N) is 2. The summed E-state index contributed by atoms with van der Waals surface area (Å²) in [6.45, 7) is 1.56. The summed E-state index contributed by atoms with van der Waals surface area (Å²) in [5.41, 5.74) is 1.77. The molecule has 9 nitrogen and oxygen atoms in total. The standard InChI is InChI=1S/C23H25ClN4O5/c24-15-4-6-16(7-5-15)25-23(33)28-13-17(29)12-20(28)21(30)26-18-8-3-14(22(31)32)11-19(18)27-9-1-2-10-27/h3-8,11,17,20,29H,1-2,9-10,12-13H2,(H,25,33)(H,26,30)(H,31,32). The summed E-state index contributed by atoms with van der Waals surface area (Å²) in [4.78, 5) is 40.8. The number of β-amino-alcohol motifs (C(OH)–C–C–N with tert-alkyl or cyclic N) is 1. The zero-order valence-corrected chi connectivity index (χ0v) is 18.6. The monoisotopic (exact) mass is 472 g/mol. The Balaban J connectivity index is 1.52. The van der Waals surface area contributed by atoms with Crippen molar-refractivity contribution in [2.75, 3.05) is 35.2 Å². The van der Waals surface area contributed by atoms with Crippen LogP contribution in [0.25, 0.3) is 0 Å². The number of aliphatic hydroxyl groups is 1. The van der Waals surface area contributed by atoms with Gasteiger partial charge in [-0.1, -0.05) is 11.6 Å². The van der Waals surface area contributed by atoms with Gasteiger partial charge in [-0.3, -0.25) is 4.79 Å². The molecular weight excluding hydrogens is 448 g/mol. The molecule has 3 amide bonds. The van der Waals surface area contributed by atoms with E-state index >= 15 is 0 Å². The number of benzene rings is 2. The van der Waals surface area contributed by atoms with E-state index in [1.54, 1.807) is 36.4 Å². The average Bonchev–Trinajstić information content (AvgIpc) is 3.45. The smallest absolute Gasteiger partial charge is 0.335 e. The summed E-state index contributed by atoms with van der Waals surface area (Å²) in [6.07, 6.45) is 1.24. The molecule has 33 heavy (non-hydrogen) atoms. The van der Waals surface area contributed by atoms with E-state index in [1.807, 2.05) is 4.90 Å². The molecule has 0 bridgehead atoms. The van der Waals surface area contributed by atoms with Crippen molar-refractivity contribution in [1.29, 1.82) is 0 Å². The van der Waals surface area contributed by atoms with E-state index in [9.17, 15) is 24.6 Å². The summed E-state index contributed by atoms with van der Waals surface area (Å²) < 4.78 is 0. The van der Waals surface area contributed by atoms with Gasteiger partial charge in [-0.05, 0) is 55.3 Å². The number of carboxylic acid groups (broad SMARTS) is 1. The molecule has 0 saturated carbocycles. The molecule has 2 unspecified atom stereocenters. The molecule has 2 aromatic carbocycles. The van der Waals surface area contributed by atoms with Gasteiger partial charge in [-0.15, -0.1) is 0 Å². The molecule has 2 aliphatic rings. The van der Waals surface area contributed by atoms with Crippen molar-refractivity contribution in [2.24, 2.45) is 0 Å². The molecule has 2 fully saturated rings. The van der Waals surface area contributed by atoms with Gasteiger partial charge in [0.1, 0.15) is 6.04 Å². The predicted molar refractivity (Wildman–Crippen MR) is 125 cm³/mol. The average molecular weight is 473 g/mol. The molecule has 2 heterocycles. The minimum atomic E-state index is -1.04. The number of nitrogens with zero attached hydrogens (tertiary/aromatic N) is 2. The first-order valence-electron chi connectivity index (χ1n) is 10.8. The molecule has 174 valence electrons. The highest BCUT2D eigenvalue weighted by Crippen LogP contribution is 2.31. The Hall–Kier alpha value is -3.30. The second-order valence-corrected chi connectivity index (χ2v) is 8.65. The molecule has 2 saturated heterocycles. The number of amides is 3. The molecule has 10 heteroatoms. The highest BCUT2D eigenvalue weighted by molar-refractivity contribution is 6.30. The molecule has 0 radical (unpaired) electrons. The van der Waals surface area contributed by atoms with Crippen LogP contribution in [0.4, 0.5) is 21.9 Å². The van der Waals surface area contributed by atoms with Crippen LogP contribution in [0.5, 0.6) is 0 Å². The number of anilines is 3. The van der Waals surface area contributed by atoms with Gasteiger partial charge in [0.25, 0.3) is 0 Å². The fourth-order valence-electron chi connectivity index (χ4n) is 4.22. The van der Waals surface area contributed by atoms with Crippen LogP contribution in [0.1, 0.15) is 29.6 Å². The van der Waals surface area contributed by atoms with Gasteiger partial charge < -0.3 is 30.6 Å². The van der Waals surface area contributed by atoms with Crippen LogP contribution in [0.2, 0.25) is 5.02 Å². The largest absolute Gasteiger partial charge is 0.478 e. The third kappa shape index (κ3) is 5.20. The summed E-state index contributed by atoms with van der Waals surface area (Å²) in [5.74, 6) is -1.49. The summed E-state index contributed by atoms with van der Waals surface area (Å²) in [7, 11) is 0. The lowest BCUT2D eigenvalue weighted by Crippen LogP contribution is -2.45. The third-order valence-electron chi connectivity index (χ3n) is 5.89. The fourth-order valence-corrected chi connectivity index (χ4v) is 4.35. The zero-order valence-electron chi connectivity index (χ0n) is 17.8. The van der Waals surface area contributed by atoms with Gasteiger partial charge in [0, 0.05) is 36.8 Å². The SMILES string of the molecule is O=C(O)c1ccc(NC(=O)C2CC(O)CN2C(=O)Nc2ccc(Cl)cc2)c(N2CCCC2)c1. The Kier molecular flexibility index (Phi) is 6.71. The van der Waals surface area contributed by atoms with Crippen molar-refractivity contribution in [3.63, 3.8) is 0 Å². The van der Waals surface area contributed by atoms with Crippen LogP contribution in [0.3, 0.4) is 0 Å². The van der Waals surface area contributed by atoms with E-state index < -0.39 is 30.1 Å². The van der Waals surface area contributed by atoms with Crippen molar-refractivity contribution >= 4 is 46.6 Å². The Morgan fingerprint density at radius 2 is 1.70 bits per heavy atom. The minimum Gasteiger partial charge on any atom is -0.478 e. The lowest BCUT2D eigenvalue weighted by atomic mass is 10.1. The van der Waals surface area contributed by atoms with Crippen molar-refractivity contribution in [3.8, 4) is 0 Å². The van der Waals surface area contributed by atoms with E-state index in [4.69, 9.17) is 11.6 Å². The highest BCUT2D eigenvalue weighted by atomic mass is 35.5. The van der Waals surface area contributed by atoms with E-state index in [-0.39, 0.29) is 18.5 Å². The number of urea groups is 1. The molecule has 2 aliphatic heterocycles. The molecule has 0 aromatic heterocycles. The first-order valence-corrected chi connectivity index (χ1v) is 11.1. The molecular formula is C23H25ClN4O5. The number of rotatable bonds is 5. The summed E-state index contributed by atoms with van der Waals surface area (Å²) in [6, 6.07) is 9.75. The van der Waals surface area contributed by atoms with Gasteiger partial charge in [-0.2, -0.15) is 0 Å². The van der Waals surface area contributed by atoms with Gasteiger partial charge in [-0.25, -0.2) is 9.59 Å². The number of halogens is 1. The Morgan fingerprint density at radius 1 is 1.00 bits per heavy atom. The zero-order chi connectivity index (χ0) is 23.5. The van der Waals surface area contributed by atoms with Crippen LogP contribution in [-0.4, -0.2) is 64.8 Å². The van der Waals surface area contributed by atoms with Crippen LogP contribution >= 0.6 is 11.6 Å². The van der Waals surface area contributed by atoms with Gasteiger partial charge >= 0.3 is 12.0 Å². The van der Waals surface area contributed by atoms with Crippen LogP contribution in [0, 0.1) is 0 Å². The Bertz CT molecular complexity index is 1060. The molecule has 4 rings (SSSR count). The number of hydrogen-bond donors (Lipinski definition) is 4. The Morgan fingerprint density at radius 3 is 2.36 bits per heavy atom. The maximum absolute atomic E-state index is 13.2. The van der Waals surface area contributed by atoms with E-state index in [1.165, 1.54) is 11.0 Å². The number of hydrogen-bond acceptors (Lipinski definition) is 5. The molecule has 4 N–H and O–H groups in total. The van der Waals surface area contributed by atoms with Crippen molar-refractivity contribution in [2.45, 2.75) is 31.4 Å². The van der Waals surface area contributed by atoms with E-state index in [2.05, 4.69) is 10.6 Å².